The first-order valence-corrected chi connectivity index (χ1v) is 8.73. The first kappa shape index (κ1) is 18.3. The molecule has 0 fully saturated rings. The zero-order chi connectivity index (χ0) is 13.5. The number of hydrogen-bond acceptors (Lipinski definition) is 2. The summed E-state index contributed by atoms with van der Waals surface area (Å²) in [6.45, 7) is 2.18. The summed E-state index contributed by atoms with van der Waals surface area (Å²) in [5.74, 6) is 1.04. The van der Waals surface area contributed by atoms with Crippen LogP contribution >= 0.6 is 12.6 Å². The maximum Gasteiger partial charge on any atom is 0.0540 e. The Morgan fingerprint density at radius 1 is 0.722 bits per heavy atom. The molecule has 0 aromatic rings. The van der Waals surface area contributed by atoms with Gasteiger partial charge in [-0.15, -0.1) is 0 Å². The van der Waals surface area contributed by atoms with Gasteiger partial charge in [0.05, 0.1) is 6.10 Å². The molecule has 0 aliphatic rings. The third-order valence-electron chi connectivity index (χ3n) is 3.59. The molecule has 1 nitrogen and oxygen atoms in total. The van der Waals surface area contributed by atoms with Gasteiger partial charge in [-0.1, -0.05) is 71.1 Å². The van der Waals surface area contributed by atoms with Crippen LogP contribution in [0, 0.1) is 0 Å². The van der Waals surface area contributed by atoms with Crippen LogP contribution in [0.4, 0.5) is 0 Å². The van der Waals surface area contributed by atoms with Crippen molar-refractivity contribution < 1.29 is 5.11 Å². The summed E-state index contributed by atoms with van der Waals surface area (Å²) in [6, 6.07) is 0. The van der Waals surface area contributed by atoms with Crippen LogP contribution in [-0.2, 0) is 0 Å². The number of aliphatic hydroxyl groups is 1. The van der Waals surface area contributed by atoms with Crippen LogP contribution in [0.25, 0.3) is 0 Å². The molecule has 1 atom stereocenters. The van der Waals surface area contributed by atoms with Gasteiger partial charge in [-0.05, 0) is 25.0 Å². The molecule has 0 saturated heterocycles. The molecule has 0 amide bonds. The molecule has 0 aliphatic carbocycles. The molecular weight excluding hydrogens is 240 g/mol. The predicted molar refractivity (Wildman–Crippen MR) is 85.6 cm³/mol. The number of aliphatic hydroxyl groups excluding tert-OH is 1. The Hall–Kier alpha value is 0.310. The molecule has 110 valence electrons. The predicted octanol–water partition coefficient (Wildman–Crippen LogP) is 5.37. The Balaban J connectivity index is 3.02. The summed E-state index contributed by atoms with van der Waals surface area (Å²) < 4.78 is 0. The standard InChI is InChI=1S/C16H34OS/c1-2-3-13-16(17)14-11-9-7-5-4-6-8-10-12-15-18/h16-18H,2-15H2,1H3. The topological polar surface area (TPSA) is 20.2 Å². The van der Waals surface area contributed by atoms with Gasteiger partial charge >= 0.3 is 0 Å². The molecule has 0 aromatic heterocycles. The van der Waals surface area contributed by atoms with E-state index in [9.17, 15) is 5.11 Å². The lowest BCUT2D eigenvalue weighted by Gasteiger charge is -2.09. The van der Waals surface area contributed by atoms with Crippen molar-refractivity contribution in [2.24, 2.45) is 0 Å². The lowest BCUT2D eigenvalue weighted by atomic mass is 10.0. The molecule has 0 heterocycles. The van der Waals surface area contributed by atoms with E-state index < -0.39 is 0 Å². The van der Waals surface area contributed by atoms with E-state index in [2.05, 4.69) is 19.6 Å². The molecule has 1 unspecified atom stereocenters. The van der Waals surface area contributed by atoms with Crippen molar-refractivity contribution in [1.29, 1.82) is 0 Å². The minimum atomic E-state index is -0.0359. The van der Waals surface area contributed by atoms with Crippen molar-refractivity contribution >= 4 is 12.6 Å². The molecule has 0 spiro atoms. The van der Waals surface area contributed by atoms with Crippen molar-refractivity contribution in [3.63, 3.8) is 0 Å². The average molecular weight is 275 g/mol. The monoisotopic (exact) mass is 274 g/mol. The first-order valence-electron chi connectivity index (χ1n) is 8.10. The minimum Gasteiger partial charge on any atom is -0.393 e. The highest BCUT2D eigenvalue weighted by molar-refractivity contribution is 7.80. The molecule has 0 bridgehead atoms. The van der Waals surface area contributed by atoms with Crippen LogP contribution in [0.5, 0.6) is 0 Å². The number of thiol groups is 1. The first-order chi connectivity index (χ1) is 8.81. The zero-order valence-corrected chi connectivity index (χ0v) is 13.3. The van der Waals surface area contributed by atoms with Crippen LogP contribution in [0.2, 0.25) is 0 Å². The summed E-state index contributed by atoms with van der Waals surface area (Å²) in [5.41, 5.74) is 0. The van der Waals surface area contributed by atoms with Crippen LogP contribution in [0.1, 0.15) is 90.4 Å². The average Bonchev–Trinajstić information content (AvgIpc) is 2.38. The minimum absolute atomic E-state index is 0.0359. The summed E-state index contributed by atoms with van der Waals surface area (Å²) in [6.07, 6.45) is 16.4. The molecule has 0 aliphatic heterocycles. The molecule has 2 heteroatoms. The highest BCUT2D eigenvalue weighted by Gasteiger charge is 2.02. The largest absolute Gasteiger partial charge is 0.393 e. The second-order valence-corrected chi connectivity index (χ2v) is 5.94. The van der Waals surface area contributed by atoms with Gasteiger partial charge in [0, 0.05) is 0 Å². The smallest absolute Gasteiger partial charge is 0.0540 e. The van der Waals surface area contributed by atoms with Crippen LogP contribution < -0.4 is 0 Å². The van der Waals surface area contributed by atoms with Gasteiger partial charge in [0.2, 0.25) is 0 Å². The zero-order valence-electron chi connectivity index (χ0n) is 12.4. The Morgan fingerprint density at radius 2 is 1.17 bits per heavy atom. The second-order valence-electron chi connectivity index (χ2n) is 5.49. The maximum absolute atomic E-state index is 9.70. The van der Waals surface area contributed by atoms with Gasteiger partial charge < -0.3 is 5.11 Å². The van der Waals surface area contributed by atoms with E-state index in [4.69, 9.17) is 0 Å². The molecule has 0 radical (unpaired) electrons. The van der Waals surface area contributed by atoms with Crippen LogP contribution in [-0.4, -0.2) is 17.0 Å². The molecule has 1 N–H and O–H groups in total. The quantitative estimate of drug-likeness (QED) is 0.322. The molecule has 18 heavy (non-hydrogen) atoms. The summed E-state index contributed by atoms with van der Waals surface area (Å²) in [4.78, 5) is 0. The van der Waals surface area contributed by atoms with E-state index in [1.165, 1.54) is 70.6 Å². The third-order valence-corrected chi connectivity index (χ3v) is 3.90. The van der Waals surface area contributed by atoms with Gasteiger partial charge in [0.25, 0.3) is 0 Å². The van der Waals surface area contributed by atoms with Gasteiger partial charge in [-0.2, -0.15) is 12.6 Å². The molecule has 0 saturated carbocycles. The Kier molecular flexibility index (Phi) is 15.6. The Morgan fingerprint density at radius 3 is 1.67 bits per heavy atom. The fraction of sp³-hybridized carbons (Fsp3) is 1.00. The lowest BCUT2D eigenvalue weighted by molar-refractivity contribution is 0.148. The van der Waals surface area contributed by atoms with Gasteiger partial charge in [0.15, 0.2) is 0 Å². The maximum atomic E-state index is 9.70. The van der Waals surface area contributed by atoms with Crippen molar-refractivity contribution in [2.75, 3.05) is 5.75 Å². The second kappa shape index (κ2) is 15.4. The van der Waals surface area contributed by atoms with E-state index in [0.29, 0.717) is 0 Å². The normalized spacial score (nSPS) is 12.8. The third kappa shape index (κ3) is 14.4. The van der Waals surface area contributed by atoms with E-state index >= 15 is 0 Å². The van der Waals surface area contributed by atoms with Crippen LogP contribution in [0.3, 0.4) is 0 Å². The number of hydrogen-bond donors (Lipinski definition) is 2. The van der Waals surface area contributed by atoms with E-state index in [1.54, 1.807) is 0 Å². The fourth-order valence-electron chi connectivity index (χ4n) is 2.31. The van der Waals surface area contributed by atoms with Crippen molar-refractivity contribution in [3.8, 4) is 0 Å². The van der Waals surface area contributed by atoms with Gasteiger partial charge in [0.1, 0.15) is 0 Å². The fourth-order valence-corrected chi connectivity index (χ4v) is 2.54. The number of rotatable bonds is 14. The Bertz CT molecular complexity index is 150. The van der Waals surface area contributed by atoms with Gasteiger partial charge in [-0.25, -0.2) is 0 Å². The molecule has 0 rings (SSSR count). The van der Waals surface area contributed by atoms with E-state index in [-0.39, 0.29) is 6.10 Å². The van der Waals surface area contributed by atoms with E-state index in [0.717, 1.165) is 18.6 Å². The van der Waals surface area contributed by atoms with Crippen molar-refractivity contribution in [3.05, 3.63) is 0 Å². The summed E-state index contributed by atoms with van der Waals surface area (Å²) >= 11 is 4.22. The van der Waals surface area contributed by atoms with Crippen molar-refractivity contribution in [2.45, 2.75) is 96.5 Å². The molecule has 0 aromatic carbocycles. The summed E-state index contributed by atoms with van der Waals surface area (Å²) in [5, 5.41) is 9.70. The van der Waals surface area contributed by atoms with Crippen molar-refractivity contribution in [1.82, 2.24) is 0 Å². The highest BCUT2D eigenvalue weighted by Crippen LogP contribution is 2.13. The van der Waals surface area contributed by atoms with Gasteiger partial charge in [-0.3, -0.25) is 0 Å². The molecular formula is C16H34OS. The number of unbranched alkanes of at least 4 members (excludes halogenated alkanes) is 9. The lowest BCUT2D eigenvalue weighted by Crippen LogP contribution is -2.05. The van der Waals surface area contributed by atoms with E-state index in [1.807, 2.05) is 0 Å². The SMILES string of the molecule is CCCCC(O)CCCCCCCCCCCS. The highest BCUT2D eigenvalue weighted by atomic mass is 32.1. The summed E-state index contributed by atoms with van der Waals surface area (Å²) in [7, 11) is 0. The Labute approximate surface area is 120 Å². The van der Waals surface area contributed by atoms with Crippen LogP contribution in [0.15, 0.2) is 0 Å².